The number of anilines is 2. The summed E-state index contributed by atoms with van der Waals surface area (Å²) < 4.78 is 2.10. The molecule has 2 fully saturated rings. The molecule has 2 atom stereocenters. The SMILES string of the molecule is CNc1ccc(C)c2c1Cc1nc(Sc3cnc4ccc[n+](C)c4c3)nc(N3CC4C(N)C4C3)c1-2. The molecule has 0 amide bonds. The number of nitrogens with zero attached hydrogens (tertiary/aromatic N) is 5. The number of benzene rings is 1. The maximum absolute atomic E-state index is 6.27. The molecule has 4 aromatic rings. The van der Waals surface area contributed by atoms with E-state index >= 15 is 0 Å². The minimum atomic E-state index is 0.351. The van der Waals surface area contributed by atoms with E-state index in [4.69, 9.17) is 15.7 Å². The lowest BCUT2D eigenvalue weighted by atomic mass is 9.99. The van der Waals surface area contributed by atoms with Crippen molar-refractivity contribution in [2.24, 2.45) is 24.6 Å². The van der Waals surface area contributed by atoms with Crippen LogP contribution in [0.5, 0.6) is 0 Å². The Morgan fingerprint density at radius 3 is 2.77 bits per heavy atom. The average Bonchev–Trinajstić information content (AvgIpc) is 3.21. The quantitative estimate of drug-likeness (QED) is 0.300. The fourth-order valence-corrected chi connectivity index (χ4v) is 6.71. The Morgan fingerprint density at radius 1 is 1.14 bits per heavy atom. The summed E-state index contributed by atoms with van der Waals surface area (Å²) in [6, 6.07) is 11.0. The molecular formula is C27H28N7S+. The summed E-state index contributed by atoms with van der Waals surface area (Å²) >= 11 is 1.59. The Balaban J connectivity index is 1.34. The number of hydrogen-bond donors (Lipinski definition) is 2. The van der Waals surface area contributed by atoms with E-state index in [9.17, 15) is 0 Å². The normalized spacial score (nSPS) is 21.7. The van der Waals surface area contributed by atoms with E-state index in [1.807, 2.05) is 38.6 Å². The maximum atomic E-state index is 6.27. The average molecular weight is 483 g/mol. The molecule has 7 rings (SSSR count). The van der Waals surface area contributed by atoms with Gasteiger partial charge < -0.3 is 16.0 Å². The van der Waals surface area contributed by atoms with Gasteiger partial charge in [-0.3, -0.25) is 0 Å². The number of nitrogens with one attached hydrogen (secondary N) is 1. The third kappa shape index (κ3) is 3.23. The van der Waals surface area contributed by atoms with E-state index in [2.05, 4.69) is 44.9 Å². The zero-order chi connectivity index (χ0) is 23.8. The third-order valence-corrected chi connectivity index (χ3v) is 8.74. The van der Waals surface area contributed by atoms with E-state index in [1.54, 1.807) is 11.8 Å². The first-order valence-electron chi connectivity index (χ1n) is 12.2. The van der Waals surface area contributed by atoms with Gasteiger partial charge in [-0.25, -0.2) is 15.0 Å². The lowest BCUT2D eigenvalue weighted by Gasteiger charge is -2.24. The van der Waals surface area contributed by atoms with E-state index in [1.165, 1.54) is 27.9 Å². The van der Waals surface area contributed by atoms with Gasteiger partial charge in [-0.15, -0.1) is 0 Å². The van der Waals surface area contributed by atoms with Crippen molar-refractivity contribution in [1.29, 1.82) is 0 Å². The van der Waals surface area contributed by atoms with Crippen molar-refractivity contribution in [1.82, 2.24) is 15.0 Å². The predicted octanol–water partition coefficient (Wildman–Crippen LogP) is 3.32. The van der Waals surface area contributed by atoms with Gasteiger partial charge in [-0.1, -0.05) is 6.07 Å². The molecule has 2 aliphatic carbocycles. The molecule has 2 unspecified atom stereocenters. The fourth-order valence-electron chi connectivity index (χ4n) is 5.93. The van der Waals surface area contributed by atoms with Crippen LogP contribution in [0.1, 0.15) is 16.8 Å². The number of nitrogens with two attached hydrogens (primary N) is 1. The zero-order valence-electron chi connectivity index (χ0n) is 20.1. The highest BCUT2D eigenvalue weighted by Crippen LogP contribution is 2.51. The second-order valence-corrected chi connectivity index (χ2v) is 11.0. The summed E-state index contributed by atoms with van der Waals surface area (Å²) in [6.07, 6.45) is 4.78. The van der Waals surface area contributed by atoms with E-state index < -0.39 is 0 Å². The second kappa shape index (κ2) is 7.63. The molecule has 1 saturated heterocycles. The number of pyridine rings is 2. The molecule has 3 aromatic heterocycles. The van der Waals surface area contributed by atoms with Crippen LogP contribution in [0.4, 0.5) is 11.5 Å². The van der Waals surface area contributed by atoms with Crippen LogP contribution in [-0.4, -0.2) is 41.1 Å². The molecule has 0 bridgehead atoms. The number of rotatable bonds is 4. The highest BCUT2D eigenvalue weighted by Gasteiger charge is 2.54. The van der Waals surface area contributed by atoms with E-state index in [0.717, 1.165) is 52.1 Å². The van der Waals surface area contributed by atoms with Gasteiger partial charge >= 0.3 is 0 Å². The van der Waals surface area contributed by atoms with Crippen molar-refractivity contribution in [2.45, 2.75) is 29.4 Å². The van der Waals surface area contributed by atoms with Crippen molar-refractivity contribution in [2.75, 3.05) is 30.4 Å². The summed E-state index contributed by atoms with van der Waals surface area (Å²) in [6.45, 7) is 4.15. The predicted molar refractivity (Wildman–Crippen MR) is 139 cm³/mol. The summed E-state index contributed by atoms with van der Waals surface area (Å²) in [5, 5.41) is 4.16. The van der Waals surface area contributed by atoms with Crippen molar-refractivity contribution in [3.05, 3.63) is 59.5 Å². The molecule has 4 heterocycles. The molecule has 1 aromatic carbocycles. The number of fused-ring (bicyclic) bond motifs is 5. The minimum absolute atomic E-state index is 0.351. The third-order valence-electron chi connectivity index (χ3n) is 7.91. The molecule has 35 heavy (non-hydrogen) atoms. The van der Waals surface area contributed by atoms with Crippen LogP contribution >= 0.6 is 11.8 Å². The monoisotopic (exact) mass is 482 g/mol. The number of hydrogen-bond acceptors (Lipinski definition) is 7. The molecule has 8 heteroatoms. The van der Waals surface area contributed by atoms with Gasteiger partial charge in [0.2, 0.25) is 5.52 Å². The maximum Gasteiger partial charge on any atom is 0.232 e. The van der Waals surface area contributed by atoms with Crippen LogP contribution in [-0.2, 0) is 13.5 Å². The Labute approximate surface area is 208 Å². The fraction of sp³-hybridized carbons (Fsp3) is 0.333. The minimum Gasteiger partial charge on any atom is -0.388 e. The smallest absolute Gasteiger partial charge is 0.232 e. The molecule has 0 spiro atoms. The van der Waals surface area contributed by atoms with Gasteiger partial charge in [-0.05, 0) is 59.3 Å². The van der Waals surface area contributed by atoms with Crippen LogP contribution < -0.4 is 20.5 Å². The van der Waals surface area contributed by atoms with Crippen LogP contribution in [0.15, 0.2) is 52.8 Å². The summed E-state index contributed by atoms with van der Waals surface area (Å²) in [5.74, 6) is 2.24. The standard InChI is InChI=1S/C27H28N7S/c1-14-6-7-19(29-2)16-10-21-24(23(14)16)26(34-12-17-18(13-34)25(17)28)32-27(31-21)35-15-9-22-20(30-11-15)5-4-8-33(22)3/h4-9,11,17-18,25,29H,10,12-13,28H2,1-3H3/q+1. The van der Waals surface area contributed by atoms with Gasteiger partial charge in [0.1, 0.15) is 18.4 Å². The molecule has 176 valence electrons. The molecule has 0 radical (unpaired) electrons. The molecule has 1 saturated carbocycles. The van der Waals surface area contributed by atoms with Crippen LogP contribution in [0.3, 0.4) is 0 Å². The van der Waals surface area contributed by atoms with Crippen molar-refractivity contribution in [3.63, 3.8) is 0 Å². The van der Waals surface area contributed by atoms with Crippen LogP contribution in [0.2, 0.25) is 0 Å². The second-order valence-electron chi connectivity index (χ2n) is 9.97. The molecule has 3 aliphatic rings. The Morgan fingerprint density at radius 2 is 1.97 bits per heavy atom. The Kier molecular flexibility index (Phi) is 4.60. The first-order valence-corrected chi connectivity index (χ1v) is 13.0. The first kappa shape index (κ1) is 21.1. The van der Waals surface area contributed by atoms with Crippen molar-refractivity contribution in [3.8, 4) is 11.1 Å². The van der Waals surface area contributed by atoms with Crippen LogP contribution in [0, 0.1) is 18.8 Å². The molecule has 3 N–H and O–H groups in total. The summed E-state index contributed by atoms with van der Waals surface area (Å²) in [5.41, 5.74) is 15.7. The lowest BCUT2D eigenvalue weighted by molar-refractivity contribution is -0.645. The number of piperidine rings is 1. The largest absolute Gasteiger partial charge is 0.388 e. The van der Waals surface area contributed by atoms with E-state index in [0.29, 0.717) is 17.9 Å². The lowest BCUT2D eigenvalue weighted by Crippen LogP contribution is -2.29. The first-order chi connectivity index (χ1) is 17.0. The van der Waals surface area contributed by atoms with Gasteiger partial charge in [0, 0.05) is 67.1 Å². The number of aromatic nitrogens is 4. The topological polar surface area (TPSA) is 83.8 Å². The Hall–Kier alpha value is -3.23. The van der Waals surface area contributed by atoms with Gasteiger partial charge in [0.25, 0.3) is 0 Å². The van der Waals surface area contributed by atoms with Crippen LogP contribution in [0.25, 0.3) is 22.2 Å². The highest BCUT2D eigenvalue weighted by molar-refractivity contribution is 7.99. The molecule has 1 aliphatic heterocycles. The highest BCUT2D eigenvalue weighted by atomic mass is 32.2. The van der Waals surface area contributed by atoms with Crippen molar-refractivity contribution < 1.29 is 4.57 Å². The number of aryl methyl sites for hydroxylation is 2. The van der Waals surface area contributed by atoms with Gasteiger partial charge in [0.05, 0.1) is 5.69 Å². The van der Waals surface area contributed by atoms with E-state index in [-0.39, 0.29) is 0 Å². The molecule has 7 nitrogen and oxygen atoms in total. The van der Waals surface area contributed by atoms with Gasteiger partial charge in [-0.2, -0.15) is 4.57 Å². The molecular weight excluding hydrogens is 454 g/mol. The zero-order valence-corrected chi connectivity index (χ0v) is 20.9. The van der Waals surface area contributed by atoms with Crippen molar-refractivity contribution >= 4 is 34.3 Å². The van der Waals surface area contributed by atoms with Gasteiger partial charge in [0.15, 0.2) is 11.4 Å². The summed E-state index contributed by atoms with van der Waals surface area (Å²) in [4.78, 5) is 18.4. The Bertz CT molecular complexity index is 1510. The summed E-state index contributed by atoms with van der Waals surface area (Å²) in [7, 11) is 4.04.